The Morgan fingerprint density at radius 1 is 0.769 bits per heavy atom. The van der Waals surface area contributed by atoms with Crippen molar-refractivity contribution in [3.05, 3.63) is 107 Å². The summed E-state index contributed by atoms with van der Waals surface area (Å²) in [5.74, 6) is -0.131. The average Bonchev–Trinajstić information content (AvgIpc) is 2.68. The Balaban J connectivity index is 1.64. The van der Waals surface area contributed by atoms with E-state index in [0.29, 0.717) is 16.9 Å². The van der Waals surface area contributed by atoms with Crippen LogP contribution in [0.4, 0.5) is 0 Å². The Kier molecular flexibility index (Phi) is 5.40. The van der Waals surface area contributed by atoms with Crippen LogP contribution in [-0.4, -0.2) is 11.8 Å². The third-order valence-electron chi connectivity index (χ3n) is 3.86. The predicted molar refractivity (Wildman–Crippen MR) is 102 cm³/mol. The summed E-state index contributed by atoms with van der Waals surface area (Å²) in [4.78, 5) is 24.3. The summed E-state index contributed by atoms with van der Waals surface area (Å²) in [7, 11) is 0. The Hall–Kier alpha value is -3.46. The van der Waals surface area contributed by atoms with Gasteiger partial charge in [0, 0.05) is 5.56 Å². The van der Waals surface area contributed by atoms with Gasteiger partial charge in [-0.15, -0.1) is 0 Å². The normalized spacial score (nSPS) is 10.7. The molecule has 3 rings (SSSR count). The number of esters is 1. The minimum Gasteiger partial charge on any atom is -0.423 e. The third-order valence-corrected chi connectivity index (χ3v) is 3.86. The monoisotopic (exact) mass is 342 g/mol. The number of hydrogen-bond acceptors (Lipinski definition) is 3. The van der Waals surface area contributed by atoms with Crippen molar-refractivity contribution in [1.29, 1.82) is 0 Å². The maximum absolute atomic E-state index is 12.2. The zero-order valence-corrected chi connectivity index (χ0v) is 14.4. The lowest BCUT2D eigenvalue weighted by molar-refractivity contribution is 0.0734. The molecule has 0 aliphatic carbocycles. The Morgan fingerprint density at radius 2 is 1.42 bits per heavy atom. The number of aryl methyl sites for hydroxylation is 1. The van der Waals surface area contributed by atoms with Crippen molar-refractivity contribution in [3.63, 3.8) is 0 Å². The molecule has 0 saturated carbocycles. The second-order valence-electron chi connectivity index (χ2n) is 5.89. The van der Waals surface area contributed by atoms with E-state index in [0.717, 1.165) is 5.56 Å². The van der Waals surface area contributed by atoms with Crippen molar-refractivity contribution in [2.45, 2.75) is 6.92 Å². The van der Waals surface area contributed by atoms with Gasteiger partial charge in [-0.1, -0.05) is 54.1 Å². The molecule has 0 radical (unpaired) electrons. The van der Waals surface area contributed by atoms with Crippen LogP contribution >= 0.6 is 0 Å². The maximum Gasteiger partial charge on any atom is 0.343 e. The molecule has 3 aromatic rings. The van der Waals surface area contributed by atoms with Gasteiger partial charge in [-0.25, -0.2) is 4.79 Å². The van der Waals surface area contributed by atoms with Gasteiger partial charge >= 0.3 is 5.97 Å². The Morgan fingerprint density at radius 3 is 2.08 bits per heavy atom. The van der Waals surface area contributed by atoms with E-state index in [2.05, 4.69) is 0 Å². The van der Waals surface area contributed by atoms with Crippen LogP contribution in [0.5, 0.6) is 5.75 Å². The van der Waals surface area contributed by atoms with E-state index in [4.69, 9.17) is 4.74 Å². The fraction of sp³-hybridized carbons (Fsp3) is 0.0435. The highest BCUT2D eigenvalue weighted by Crippen LogP contribution is 2.15. The number of carbonyl (C=O) groups excluding carboxylic acids is 2. The first kappa shape index (κ1) is 17.4. The Labute approximate surface area is 152 Å². The lowest BCUT2D eigenvalue weighted by Crippen LogP contribution is -2.08. The molecule has 0 fully saturated rings. The quantitative estimate of drug-likeness (QED) is 0.280. The van der Waals surface area contributed by atoms with E-state index >= 15 is 0 Å². The van der Waals surface area contributed by atoms with Gasteiger partial charge in [0.05, 0.1) is 5.56 Å². The molecule has 0 N–H and O–H groups in total. The smallest absolute Gasteiger partial charge is 0.343 e. The van der Waals surface area contributed by atoms with E-state index in [1.54, 1.807) is 54.6 Å². The largest absolute Gasteiger partial charge is 0.423 e. The number of ether oxygens (including phenoxy) is 1. The Bertz CT molecular complexity index is 921. The highest BCUT2D eigenvalue weighted by Gasteiger charge is 2.08. The molecule has 0 aliphatic rings. The van der Waals surface area contributed by atoms with Gasteiger partial charge in [0.1, 0.15) is 5.75 Å². The minimum absolute atomic E-state index is 0.105. The van der Waals surface area contributed by atoms with Crippen LogP contribution in [0.2, 0.25) is 0 Å². The molecule has 0 bridgehead atoms. The standard InChI is InChI=1S/C23H18O3/c1-17-7-9-18(10-8-17)11-16-22(24)19-12-14-21(15-13-19)26-23(25)20-5-3-2-4-6-20/h2-16H,1H3. The van der Waals surface area contributed by atoms with Gasteiger partial charge in [0.2, 0.25) is 0 Å². The number of rotatable bonds is 5. The van der Waals surface area contributed by atoms with Crippen LogP contribution in [-0.2, 0) is 0 Å². The fourth-order valence-electron chi connectivity index (χ4n) is 2.37. The van der Waals surface area contributed by atoms with Gasteiger partial charge in [0.15, 0.2) is 5.78 Å². The number of carbonyl (C=O) groups is 2. The molecule has 0 amide bonds. The van der Waals surface area contributed by atoms with Crippen molar-refractivity contribution in [3.8, 4) is 5.75 Å². The van der Waals surface area contributed by atoms with E-state index in [9.17, 15) is 9.59 Å². The van der Waals surface area contributed by atoms with Crippen molar-refractivity contribution >= 4 is 17.8 Å². The molecule has 3 nitrogen and oxygen atoms in total. The first-order valence-corrected chi connectivity index (χ1v) is 8.28. The van der Waals surface area contributed by atoms with E-state index in [-0.39, 0.29) is 5.78 Å². The lowest BCUT2D eigenvalue weighted by atomic mass is 10.1. The molecule has 0 aromatic heterocycles. The summed E-state index contributed by atoms with van der Waals surface area (Å²) < 4.78 is 5.31. The summed E-state index contributed by atoms with van der Waals surface area (Å²) in [5, 5.41) is 0. The van der Waals surface area contributed by atoms with Crippen LogP contribution < -0.4 is 4.74 Å². The van der Waals surface area contributed by atoms with Crippen molar-refractivity contribution in [1.82, 2.24) is 0 Å². The highest BCUT2D eigenvalue weighted by molar-refractivity contribution is 6.06. The molecule has 0 spiro atoms. The van der Waals surface area contributed by atoms with Crippen molar-refractivity contribution in [2.24, 2.45) is 0 Å². The first-order valence-electron chi connectivity index (χ1n) is 8.28. The van der Waals surface area contributed by atoms with E-state index < -0.39 is 5.97 Å². The number of hydrogen-bond donors (Lipinski definition) is 0. The van der Waals surface area contributed by atoms with Gasteiger partial charge in [0.25, 0.3) is 0 Å². The number of allylic oxidation sites excluding steroid dienone is 1. The highest BCUT2D eigenvalue weighted by atomic mass is 16.5. The molecule has 0 aliphatic heterocycles. The molecule has 128 valence electrons. The van der Waals surface area contributed by atoms with Crippen molar-refractivity contribution < 1.29 is 14.3 Å². The van der Waals surface area contributed by atoms with E-state index in [1.807, 2.05) is 37.3 Å². The zero-order valence-electron chi connectivity index (χ0n) is 14.4. The SMILES string of the molecule is Cc1ccc(C=CC(=O)c2ccc(OC(=O)c3ccccc3)cc2)cc1. The third kappa shape index (κ3) is 4.54. The van der Waals surface area contributed by atoms with Crippen LogP contribution in [0.1, 0.15) is 31.8 Å². The topological polar surface area (TPSA) is 43.4 Å². The molecule has 0 atom stereocenters. The van der Waals surface area contributed by atoms with Crippen LogP contribution in [0.25, 0.3) is 6.08 Å². The number of benzene rings is 3. The molecular weight excluding hydrogens is 324 g/mol. The second-order valence-corrected chi connectivity index (χ2v) is 5.89. The summed E-state index contributed by atoms with van der Waals surface area (Å²) in [6, 6.07) is 23.2. The molecule has 3 aromatic carbocycles. The summed E-state index contributed by atoms with van der Waals surface area (Å²) >= 11 is 0. The van der Waals surface area contributed by atoms with Crippen LogP contribution in [0.3, 0.4) is 0 Å². The molecule has 0 heterocycles. The number of ketones is 1. The second kappa shape index (κ2) is 8.08. The maximum atomic E-state index is 12.2. The van der Waals surface area contributed by atoms with Gasteiger partial charge in [-0.05, 0) is 55.0 Å². The summed E-state index contributed by atoms with van der Waals surface area (Å²) in [5.41, 5.74) is 3.16. The lowest BCUT2D eigenvalue weighted by Gasteiger charge is -2.04. The predicted octanol–water partition coefficient (Wildman–Crippen LogP) is 5.11. The fourth-order valence-corrected chi connectivity index (χ4v) is 2.37. The molecule has 0 unspecified atom stereocenters. The minimum atomic E-state index is -0.427. The summed E-state index contributed by atoms with van der Waals surface area (Å²) in [6.07, 6.45) is 3.32. The van der Waals surface area contributed by atoms with Crippen molar-refractivity contribution in [2.75, 3.05) is 0 Å². The van der Waals surface area contributed by atoms with Gasteiger partial charge in [-0.3, -0.25) is 4.79 Å². The van der Waals surface area contributed by atoms with Crippen LogP contribution in [0, 0.1) is 6.92 Å². The molecule has 26 heavy (non-hydrogen) atoms. The summed E-state index contributed by atoms with van der Waals surface area (Å²) in [6.45, 7) is 2.02. The average molecular weight is 342 g/mol. The van der Waals surface area contributed by atoms with Gasteiger partial charge in [-0.2, -0.15) is 0 Å². The zero-order chi connectivity index (χ0) is 18.4. The molecular formula is C23H18O3. The molecule has 0 saturated heterocycles. The van der Waals surface area contributed by atoms with Crippen LogP contribution in [0.15, 0.2) is 84.9 Å². The molecule has 3 heteroatoms. The van der Waals surface area contributed by atoms with Gasteiger partial charge < -0.3 is 4.74 Å². The van der Waals surface area contributed by atoms with E-state index in [1.165, 1.54) is 11.6 Å². The first-order chi connectivity index (χ1) is 12.6.